The maximum Gasteiger partial charge on any atom is 0.501 e. The van der Waals surface area contributed by atoms with E-state index in [0.717, 1.165) is 6.07 Å². The Labute approximate surface area is 147 Å². The molecule has 0 bridgehead atoms. The van der Waals surface area contributed by atoms with Crippen molar-refractivity contribution in [2.75, 3.05) is 0 Å². The van der Waals surface area contributed by atoms with Gasteiger partial charge in [-0.15, -0.1) is 0 Å². The van der Waals surface area contributed by atoms with Gasteiger partial charge in [0, 0.05) is 6.07 Å². The number of hydrogen-bond acceptors (Lipinski definition) is 7. The van der Waals surface area contributed by atoms with Crippen LogP contribution in [0.5, 0.6) is 0 Å². The molecule has 0 spiro atoms. The third-order valence-corrected chi connectivity index (χ3v) is 5.61. The number of nitrogens with zero attached hydrogens (tertiary/aromatic N) is 2. The molecule has 2 aromatic carbocycles. The summed E-state index contributed by atoms with van der Waals surface area (Å²) in [6.07, 6.45) is 0. The van der Waals surface area contributed by atoms with E-state index in [1.165, 1.54) is 0 Å². The van der Waals surface area contributed by atoms with Crippen LogP contribution in [-0.2, 0) is 9.84 Å². The molecule has 0 saturated heterocycles. The monoisotopic (exact) mass is 404 g/mol. The number of hydrogen-bond donors (Lipinski definition) is 0. The third kappa shape index (κ3) is 3.24. The lowest BCUT2D eigenvalue weighted by Gasteiger charge is -2.08. The van der Waals surface area contributed by atoms with Crippen LogP contribution in [0.1, 0.15) is 0 Å². The molecule has 0 atom stereocenters. The Bertz CT molecular complexity index is 1080. The summed E-state index contributed by atoms with van der Waals surface area (Å²) < 4.78 is 66.1. The minimum Gasteiger partial charge on any atom is -0.431 e. The minimum atomic E-state index is -5.70. The smallest absolute Gasteiger partial charge is 0.431 e. The van der Waals surface area contributed by atoms with Gasteiger partial charge in [-0.25, -0.2) is 13.4 Å². The Morgan fingerprint density at radius 2 is 1.85 bits per heavy atom. The van der Waals surface area contributed by atoms with Crippen LogP contribution >= 0.6 is 11.8 Å². The Morgan fingerprint density at radius 1 is 1.15 bits per heavy atom. The highest BCUT2D eigenvalue weighted by molar-refractivity contribution is 7.99. The van der Waals surface area contributed by atoms with Crippen LogP contribution in [0.15, 0.2) is 61.9 Å². The Morgan fingerprint density at radius 3 is 2.46 bits per heavy atom. The van der Waals surface area contributed by atoms with Gasteiger partial charge >= 0.3 is 5.51 Å². The molecular weight excluding hydrogens is 397 g/mol. The number of fused-ring (bicyclic) bond motifs is 1. The van der Waals surface area contributed by atoms with Crippen molar-refractivity contribution in [3.63, 3.8) is 0 Å². The lowest BCUT2D eigenvalue weighted by molar-refractivity contribution is -0.388. The molecule has 0 saturated carbocycles. The standard InChI is InChI=1S/C14H7F3N2O5S2/c15-14(16,17)26(22,23)8-5-6-12(10(7-8)19(20)21)25-13-18-9-3-1-2-4-11(9)24-13/h1-7H. The minimum absolute atomic E-state index is 0.0285. The molecule has 3 aromatic rings. The maximum absolute atomic E-state index is 12.6. The first-order valence-corrected chi connectivity index (χ1v) is 9.03. The van der Waals surface area contributed by atoms with Crippen LogP contribution in [0.3, 0.4) is 0 Å². The fraction of sp³-hybridized carbons (Fsp3) is 0.0714. The topological polar surface area (TPSA) is 103 Å². The molecule has 0 unspecified atom stereocenters. The van der Waals surface area contributed by atoms with Gasteiger partial charge in [0.25, 0.3) is 20.7 Å². The van der Waals surface area contributed by atoms with E-state index in [1.807, 2.05) is 0 Å². The average molecular weight is 404 g/mol. The first kappa shape index (κ1) is 18.2. The summed E-state index contributed by atoms with van der Waals surface area (Å²) in [5.74, 6) is 0. The van der Waals surface area contributed by atoms with Crippen LogP contribution in [0, 0.1) is 10.1 Å². The highest BCUT2D eigenvalue weighted by atomic mass is 32.2. The molecule has 0 N–H and O–H groups in total. The molecule has 0 aliphatic rings. The summed E-state index contributed by atoms with van der Waals surface area (Å²) in [7, 11) is -5.70. The summed E-state index contributed by atoms with van der Waals surface area (Å²) in [5, 5.41) is 11.2. The van der Waals surface area contributed by atoms with E-state index in [-0.39, 0.29) is 10.1 Å². The van der Waals surface area contributed by atoms with E-state index in [2.05, 4.69) is 4.98 Å². The van der Waals surface area contributed by atoms with Gasteiger partial charge in [0.15, 0.2) is 5.58 Å². The predicted octanol–water partition coefficient (Wildman–Crippen LogP) is 4.18. The number of rotatable bonds is 4. The highest BCUT2D eigenvalue weighted by Crippen LogP contribution is 2.39. The second kappa shape index (κ2) is 6.29. The van der Waals surface area contributed by atoms with Crippen molar-refractivity contribution in [3.05, 3.63) is 52.6 Å². The van der Waals surface area contributed by atoms with E-state index in [1.54, 1.807) is 24.3 Å². The number of sulfone groups is 1. The molecule has 0 amide bonds. The van der Waals surface area contributed by atoms with Crippen molar-refractivity contribution < 1.29 is 30.9 Å². The summed E-state index contributed by atoms with van der Waals surface area (Å²) in [5.41, 5.74) is -5.44. The zero-order chi connectivity index (χ0) is 19.1. The van der Waals surface area contributed by atoms with Crippen molar-refractivity contribution in [2.24, 2.45) is 0 Å². The predicted molar refractivity (Wildman–Crippen MR) is 84.5 cm³/mol. The Hall–Kier alpha value is -2.60. The second-order valence-corrected chi connectivity index (χ2v) is 7.82. The van der Waals surface area contributed by atoms with Gasteiger partial charge in [-0.1, -0.05) is 12.1 Å². The fourth-order valence-corrected chi connectivity index (χ4v) is 3.63. The van der Waals surface area contributed by atoms with Crippen molar-refractivity contribution in [3.8, 4) is 0 Å². The molecule has 0 aliphatic heterocycles. The molecule has 136 valence electrons. The van der Waals surface area contributed by atoms with Crippen molar-refractivity contribution in [1.82, 2.24) is 4.98 Å². The van der Waals surface area contributed by atoms with Gasteiger partial charge < -0.3 is 4.42 Å². The van der Waals surface area contributed by atoms with Gasteiger partial charge in [-0.3, -0.25) is 10.1 Å². The second-order valence-electron chi connectivity index (χ2n) is 4.89. The maximum atomic E-state index is 12.6. The number of nitro benzene ring substituents is 1. The lowest BCUT2D eigenvalue weighted by Crippen LogP contribution is -2.23. The lowest BCUT2D eigenvalue weighted by atomic mass is 10.3. The van der Waals surface area contributed by atoms with Gasteiger partial charge in [-0.2, -0.15) is 13.2 Å². The van der Waals surface area contributed by atoms with Crippen LogP contribution in [-0.4, -0.2) is 23.8 Å². The molecule has 3 rings (SSSR count). The Balaban J connectivity index is 2.04. The van der Waals surface area contributed by atoms with Crippen LogP contribution in [0.4, 0.5) is 18.9 Å². The van der Waals surface area contributed by atoms with Crippen LogP contribution in [0.25, 0.3) is 11.1 Å². The fourth-order valence-electron chi connectivity index (χ4n) is 2.02. The number of alkyl halides is 3. The first-order chi connectivity index (χ1) is 12.1. The molecule has 26 heavy (non-hydrogen) atoms. The van der Waals surface area contributed by atoms with Gasteiger partial charge in [0.2, 0.25) is 0 Å². The van der Waals surface area contributed by atoms with E-state index in [0.29, 0.717) is 35.0 Å². The number of para-hydroxylation sites is 2. The number of oxazole rings is 1. The number of benzene rings is 2. The molecule has 1 aromatic heterocycles. The van der Waals surface area contributed by atoms with Crippen LogP contribution in [0.2, 0.25) is 0 Å². The number of halogens is 3. The summed E-state index contributed by atoms with van der Waals surface area (Å²) >= 11 is 0.700. The van der Waals surface area contributed by atoms with E-state index < -0.39 is 30.9 Å². The molecule has 0 radical (unpaired) electrons. The number of aromatic nitrogens is 1. The van der Waals surface area contributed by atoms with Gasteiger partial charge in [0.05, 0.1) is 14.7 Å². The molecule has 0 aliphatic carbocycles. The molecular formula is C14H7F3N2O5S2. The number of nitro groups is 1. The van der Waals surface area contributed by atoms with E-state index >= 15 is 0 Å². The third-order valence-electron chi connectivity index (χ3n) is 3.21. The van der Waals surface area contributed by atoms with E-state index in [4.69, 9.17) is 4.42 Å². The highest BCUT2D eigenvalue weighted by Gasteiger charge is 2.47. The molecule has 1 heterocycles. The normalized spacial score (nSPS) is 12.4. The summed E-state index contributed by atoms with van der Waals surface area (Å²) in [6, 6.07) is 8.61. The summed E-state index contributed by atoms with van der Waals surface area (Å²) in [6.45, 7) is 0. The quantitative estimate of drug-likeness (QED) is 0.475. The van der Waals surface area contributed by atoms with Crippen molar-refractivity contribution in [2.45, 2.75) is 20.5 Å². The zero-order valence-electron chi connectivity index (χ0n) is 12.4. The SMILES string of the molecule is O=[N+]([O-])c1cc(S(=O)(=O)C(F)(F)F)ccc1Sc1nc2ccccc2o1. The molecule has 12 heteroatoms. The van der Waals surface area contributed by atoms with E-state index in [9.17, 15) is 31.7 Å². The summed E-state index contributed by atoms with van der Waals surface area (Å²) in [4.78, 5) is 13.0. The zero-order valence-corrected chi connectivity index (χ0v) is 14.1. The van der Waals surface area contributed by atoms with Gasteiger partial charge in [-0.05, 0) is 36.0 Å². The van der Waals surface area contributed by atoms with Crippen LogP contribution < -0.4 is 0 Å². The molecule has 7 nitrogen and oxygen atoms in total. The van der Waals surface area contributed by atoms with Crippen molar-refractivity contribution >= 4 is 38.4 Å². The van der Waals surface area contributed by atoms with Gasteiger partial charge in [0.1, 0.15) is 5.52 Å². The largest absolute Gasteiger partial charge is 0.501 e. The first-order valence-electron chi connectivity index (χ1n) is 6.73. The molecule has 0 fully saturated rings. The van der Waals surface area contributed by atoms with Crippen molar-refractivity contribution in [1.29, 1.82) is 0 Å². The average Bonchev–Trinajstić information content (AvgIpc) is 2.96. The Kier molecular flexibility index (Phi) is 4.40.